The van der Waals surface area contributed by atoms with Crippen molar-refractivity contribution in [3.8, 4) is 0 Å². The fraction of sp³-hybridized carbons (Fsp3) is 0.294. The lowest BCUT2D eigenvalue weighted by Gasteiger charge is -2.20. The highest BCUT2D eigenvalue weighted by molar-refractivity contribution is 7.09. The van der Waals surface area contributed by atoms with Gasteiger partial charge in [0, 0.05) is 17.8 Å². The first-order chi connectivity index (χ1) is 11.7. The van der Waals surface area contributed by atoms with Gasteiger partial charge in [-0.05, 0) is 30.5 Å². The predicted molar refractivity (Wildman–Crippen MR) is 93.8 cm³/mol. The van der Waals surface area contributed by atoms with E-state index in [-0.39, 0.29) is 24.4 Å². The fourth-order valence-corrected chi connectivity index (χ4v) is 3.22. The molecule has 0 fully saturated rings. The van der Waals surface area contributed by atoms with Crippen LogP contribution in [0.25, 0.3) is 10.9 Å². The highest BCUT2D eigenvalue weighted by Gasteiger charge is 2.14. The van der Waals surface area contributed by atoms with Gasteiger partial charge in [0.15, 0.2) is 0 Å². The van der Waals surface area contributed by atoms with Crippen molar-refractivity contribution in [1.29, 1.82) is 0 Å². The van der Waals surface area contributed by atoms with Gasteiger partial charge in [-0.15, -0.1) is 16.4 Å². The number of carbonyl (C=O) groups is 1. The van der Waals surface area contributed by atoms with Gasteiger partial charge in [-0.2, -0.15) is 0 Å². The second-order valence-electron chi connectivity index (χ2n) is 5.37. The molecule has 0 unspecified atom stereocenters. The molecule has 2 heterocycles. The molecule has 124 valence electrons. The molecule has 3 rings (SSSR count). The molecule has 0 radical (unpaired) electrons. The van der Waals surface area contributed by atoms with Crippen LogP contribution in [0.4, 0.5) is 0 Å². The molecule has 0 bridgehead atoms. The number of amides is 1. The van der Waals surface area contributed by atoms with Gasteiger partial charge in [0.05, 0.1) is 18.5 Å². The molecule has 0 atom stereocenters. The molecule has 7 heteroatoms. The molecule has 1 aromatic carbocycles. The van der Waals surface area contributed by atoms with Crippen LogP contribution in [0, 0.1) is 0 Å². The molecule has 0 saturated heterocycles. The van der Waals surface area contributed by atoms with Crippen LogP contribution in [0.1, 0.15) is 18.2 Å². The van der Waals surface area contributed by atoms with Crippen molar-refractivity contribution in [1.82, 2.24) is 19.9 Å². The van der Waals surface area contributed by atoms with Gasteiger partial charge in [0.2, 0.25) is 5.91 Å². The second-order valence-corrected chi connectivity index (χ2v) is 6.40. The average molecular weight is 342 g/mol. The Morgan fingerprint density at radius 1 is 1.25 bits per heavy atom. The van der Waals surface area contributed by atoms with Gasteiger partial charge in [-0.25, -0.2) is 4.68 Å². The fourth-order valence-electron chi connectivity index (χ4n) is 2.50. The summed E-state index contributed by atoms with van der Waals surface area (Å²) in [7, 11) is 0. The minimum atomic E-state index is -0.213. The van der Waals surface area contributed by atoms with Gasteiger partial charge in [0.25, 0.3) is 5.56 Å². The average Bonchev–Trinajstić information content (AvgIpc) is 3.12. The largest absolute Gasteiger partial charge is 0.338 e. The van der Waals surface area contributed by atoms with Crippen molar-refractivity contribution in [3.63, 3.8) is 0 Å². The van der Waals surface area contributed by atoms with Crippen molar-refractivity contribution in [2.45, 2.75) is 26.4 Å². The first-order valence-corrected chi connectivity index (χ1v) is 8.69. The third-order valence-corrected chi connectivity index (χ3v) is 4.69. The van der Waals surface area contributed by atoms with Crippen molar-refractivity contribution >= 4 is 28.1 Å². The Labute approximate surface area is 143 Å². The van der Waals surface area contributed by atoms with Crippen LogP contribution >= 0.6 is 11.3 Å². The smallest absolute Gasteiger partial charge is 0.277 e. The monoisotopic (exact) mass is 342 g/mol. The number of rotatable bonds is 6. The van der Waals surface area contributed by atoms with E-state index in [2.05, 4.69) is 10.3 Å². The van der Waals surface area contributed by atoms with E-state index in [1.807, 2.05) is 30.5 Å². The maximum Gasteiger partial charge on any atom is 0.277 e. The van der Waals surface area contributed by atoms with Crippen molar-refractivity contribution < 1.29 is 4.79 Å². The van der Waals surface area contributed by atoms with E-state index in [0.29, 0.717) is 24.0 Å². The number of hydrogen-bond donors (Lipinski definition) is 0. The third kappa shape index (κ3) is 3.51. The number of fused-ring (bicyclic) bond motifs is 1. The zero-order valence-electron chi connectivity index (χ0n) is 13.4. The Morgan fingerprint density at radius 3 is 2.83 bits per heavy atom. The summed E-state index contributed by atoms with van der Waals surface area (Å²) in [6.07, 6.45) is 0.228. The lowest BCUT2D eigenvalue weighted by Crippen LogP contribution is -2.32. The van der Waals surface area contributed by atoms with E-state index in [9.17, 15) is 9.59 Å². The van der Waals surface area contributed by atoms with E-state index in [4.69, 9.17) is 0 Å². The number of carbonyl (C=O) groups excluding carboxylic acids is 1. The number of thiophene rings is 1. The van der Waals surface area contributed by atoms with Crippen LogP contribution < -0.4 is 5.56 Å². The van der Waals surface area contributed by atoms with Crippen molar-refractivity contribution in [2.75, 3.05) is 6.54 Å². The van der Waals surface area contributed by atoms with Gasteiger partial charge >= 0.3 is 0 Å². The van der Waals surface area contributed by atoms with E-state index < -0.39 is 0 Å². The predicted octanol–water partition coefficient (Wildman–Crippen LogP) is 2.29. The molecular formula is C17H18N4O2S. The lowest BCUT2D eigenvalue weighted by atomic mass is 10.2. The summed E-state index contributed by atoms with van der Waals surface area (Å²) in [4.78, 5) is 27.7. The summed E-state index contributed by atoms with van der Waals surface area (Å²) in [6.45, 7) is 3.42. The number of aromatic nitrogens is 3. The topological polar surface area (TPSA) is 68.1 Å². The highest BCUT2D eigenvalue weighted by atomic mass is 32.1. The second kappa shape index (κ2) is 7.35. The SMILES string of the molecule is CCN(Cc1cccs1)C(=O)CCn1nnc2ccccc2c1=O. The summed E-state index contributed by atoms with van der Waals surface area (Å²) in [6, 6.07) is 11.1. The van der Waals surface area contributed by atoms with Crippen LogP contribution in [0.5, 0.6) is 0 Å². The minimum Gasteiger partial charge on any atom is -0.338 e. The van der Waals surface area contributed by atoms with E-state index in [1.54, 1.807) is 34.4 Å². The molecule has 0 saturated carbocycles. The third-order valence-electron chi connectivity index (χ3n) is 3.83. The molecule has 0 aliphatic carbocycles. The zero-order chi connectivity index (χ0) is 16.9. The maximum absolute atomic E-state index is 12.4. The van der Waals surface area contributed by atoms with E-state index >= 15 is 0 Å². The summed E-state index contributed by atoms with van der Waals surface area (Å²) in [5.41, 5.74) is 0.354. The number of hydrogen-bond acceptors (Lipinski definition) is 5. The number of benzene rings is 1. The Hall–Kier alpha value is -2.54. The first kappa shape index (κ1) is 16.3. The summed E-state index contributed by atoms with van der Waals surface area (Å²) in [5.74, 6) is 0.00718. The van der Waals surface area contributed by atoms with Crippen LogP contribution in [-0.2, 0) is 17.9 Å². The van der Waals surface area contributed by atoms with Crippen LogP contribution in [0.2, 0.25) is 0 Å². The Morgan fingerprint density at radius 2 is 2.08 bits per heavy atom. The van der Waals surface area contributed by atoms with Crippen molar-refractivity contribution in [3.05, 3.63) is 57.0 Å². The van der Waals surface area contributed by atoms with E-state index in [1.165, 1.54) is 4.68 Å². The molecule has 2 aromatic heterocycles. The molecular weight excluding hydrogens is 324 g/mol. The first-order valence-electron chi connectivity index (χ1n) is 7.81. The van der Waals surface area contributed by atoms with E-state index in [0.717, 1.165) is 4.88 Å². The van der Waals surface area contributed by atoms with Gasteiger partial charge in [0.1, 0.15) is 5.52 Å². The number of nitrogens with zero attached hydrogens (tertiary/aromatic N) is 4. The minimum absolute atomic E-state index is 0.00718. The summed E-state index contributed by atoms with van der Waals surface area (Å²) >= 11 is 1.63. The molecule has 24 heavy (non-hydrogen) atoms. The van der Waals surface area contributed by atoms with Crippen LogP contribution in [0.15, 0.2) is 46.6 Å². The summed E-state index contributed by atoms with van der Waals surface area (Å²) < 4.78 is 1.26. The quantitative estimate of drug-likeness (QED) is 0.689. The molecule has 0 spiro atoms. The number of aryl methyl sites for hydroxylation is 1. The Balaban J connectivity index is 1.69. The molecule has 0 N–H and O–H groups in total. The lowest BCUT2D eigenvalue weighted by molar-refractivity contribution is -0.131. The normalized spacial score (nSPS) is 10.9. The van der Waals surface area contributed by atoms with Gasteiger partial charge in [-0.1, -0.05) is 23.4 Å². The standard InChI is InChI=1S/C17H18N4O2S/c1-2-20(12-13-6-5-11-24-13)16(22)9-10-21-17(23)14-7-3-4-8-15(14)18-19-21/h3-8,11H,2,9-10,12H2,1H3. The van der Waals surface area contributed by atoms with Crippen molar-refractivity contribution in [2.24, 2.45) is 0 Å². The molecule has 1 amide bonds. The maximum atomic E-state index is 12.4. The molecule has 6 nitrogen and oxygen atoms in total. The summed E-state index contributed by atoms with van der Waals surface area (Å²) in [5, 5.41) is 10.5. The highest BCUT2D eigenvalue weighted by Crippen LogP contribution is 2.12. The molecule has 0 aliphatic heterocycles. The zero-order valence-corrected chi connectivity index (χ0v) is 14.2. The Bertz CT molecular complexity index is 889. The van der Waals surface area contributed by atoms with Gasteiger partial charge < -0.3 is 4.90 Å². The van der Waals surface area contributed by atoms with Crippen LogP contribution in [-0.4, -0.2) is 32.3 Å². The molecule has 3 aromatic rings. The van der Waals surface area contributed by atoms with Crippen LogP contribution in [0.3, 0.4) is 0 Å². The molecule has 0 aliphatic rings. The van der Waals surface area contributed by atoms with Gasteiger partial charge in [-0.3, -0.25) is 9.59 Å². The Kier molecular flexibility index (Phi) is 5.00.